The van der Waals surface area contributed by atoms with Gasteiger partial charge < -0.3 is 25.2 Å². The number of phosphoric ester groups is 1. The minimum absolute atomic E-state index is 0.152. The summed E-state index contributed by atoms with van der Waals surface area (Å²) >= 11 is 0. The predicted octanol–water partition coefficient (Wildman–Crippen LogP) is 5.82. The third kappa shape index (κ3) is 24.1. The number of carboxylic acids is 1. The Hall–Kier alpha value is -1.78. The fraction of sp³-hybridized carbons (Fsp3) is 0.821. The molecule has 0 saturated carbocycles. The molecule has 3 unspecified atom stereocenters. The number of ether oxygens (including phenoxy) is 2. The molecule has 0 bridgehead atoms. The summed E-state index contributed by atoms with van der Waals surface area (Å²) in [6, 6.07) is -1.52. The summed E-state index contributed by atoms with van der Waals surface area (Å²) in [5.41, 5.74) is 5.27. The van der Waals surface area contributed by atoms with Crippen molar-refractivity contribution in [2.45, 2.75) is 129 Å². The zero-order chi connectivity index (χ0) is 30.1. The van der Waals surface area contributed by atoms with Gasteiger partial charge in [0.2, 0.25) is 0 Å². The Morgan fingerprint density at radius 2 is 1.27 bits per heavy atom. The number of hydrogen-bond donors (Lipinski definition) is 3. The molecule has 40 heavy (non-hydrogen) atoms. The smallest absolute Gasteiger partial charge is 0.472 e. The van der Waals surface area contributed by atoms with Gasteiger partial charge in [0.05, 0.1) is 13.2 Å². The van der Waals surface area contributed by atoms with E-state index in [0.717, 1.165) is 64.2 Å². The Bertz CT molecular complexity index is 761. The molecule has 0 fully saturated rings. The van der Waals surface area contributed by atoms with E-state index in [0.29, 0.717) is 12.8 Å². The quantitative estimate of drug-likeness (QED) is 0.0453. The molecule has 0 amide bonds. The van der Waals surface area contributed by atoms with Gasteiger partial charge in [-0.1, -0.05) is 83.8 Å². The maximum atomic E-state index is 12.4. The summed E-state index contributed by atoms with van der Waals surface area (Å²) < 4.78 is 32.1. The fourth-order valence-corrected chi connectivity index (χ4v) is 4.35. The van der Waals surface area contributed by atoms with Crippen LogP contribution in [0.15, 0.2) is 12.2 Å². The number of esters is 2. The van der Waals surface area contributed by atoms with Crippen molar-refractivity contribution in [3.63, 3.8) is 0 Å². The minimum atomic E-state index is -4.69. The molecular weight excluding hydrogens is 541 g/mol. The van der Waals surface area contributed by atoms with E-state index in [1.54, 1.807) is 0 Å². The van der Waals surface area contributed by atoms with Gasteiger partial charge in [-0.2, -0.15) is 0 Å². The maximum Gasteiger partial charge on any atom is 0.472 e. The average molecular weight is 594 g/mol. The summed E-state index contributed by atoms with van der Waals surface area (Å²) in [6.07, 6.45) is 17.8. The molecule has 0 saturated heterocycles. The predicted molar refractivity (Wildman–Crippen MR) is 153 cm³/mol. The van der Waals surface area contributed by atoms with Crippen LogP contribution in [0.3, 0.4) is 0 Å². The van der Waals surface area contributed by atoms with Crippen LogP contribution in [0, 0.1) is 0 Å². The number of carboxylic acid groups (broad SMARTS) is 1. The molecule has 0 aromatic carbocycles. The van der Waals surface area contributed by atoms with Crippen molar-refractivity contribution in [2.24, 2.45) is 5.73 Å². The summed E-state index contributed by atoms with van der Waals surface area (Å²) in [7, 11) is -4.69. The number of carbonyl (C=O) groups excluding carboxylic acids is 2. The molecule has 0 aliphatic heterocycles. The van der Waals surface area contributed by atoms with Crippen LogP contribution in [0.1, 0.15) is 117 Å². The van der Waals surface area contributed by atoms with Gasteiger partial charge in [0.25, 0.3) is 0 Å². The van der Waals surface area contributed by atoms with Crippen molar-refractivity contribution < 1.29 is 47.5 Å². The third-order valence-corrected chi connectivity index (χ3v) is 6.96. The van der Waals surface area contributed by atoms with Crippen LogP contribution in [0.5, 0.6) is 0 Å². The Kier molecular flexibility index (Phi) is 23.9. The number of nitrogens with two attached hydrogens (primary N) is 1. The molecule has 4 N–H and O–H groups in total. The second-order valence-electron chi connectivity index (χ2n) is 9.88. The second kappa shape index (κ2) is 25.0. The third-order valence-electron chi connectivity index (χ3n) is 6.01. The Morgan fingerprint density at radius 1 is 0.750 bits per heavy atom. The van der Waals surface area contributed by atoms with Crippen LogP contribution in [0.2, 0.25) is 0 Å². The lowest BCUT2D eigenvalue weighted by atomic mass is 10.1. The molecule has 234 valence electrons. The zero-order valence-corrected chi connectivity index (χ0v) is 25.3. The van der Waals surface area contributed by atoms with Crippen LogP contribution >= 0.6 is 7.82 Å². The van der Waals surface area contributed by atoms with Crippen molar-refractivity contribution in [1.82, 2.24) is 0 Å². The van der Waals surface area contributed by atoms with E-state index in [1.165, 1.54) is 12.8 Å². The number of rotatable bonds is 27. The number of carbonyl (C=O) groups is 3. The first-order valence-electron chi connectivity index (χ1n) is 14.7. The number of hydrogen-bond acceptors (Lipinski definition) is 9. The molecule has 0 rings (SSSR count). The molecule has 0 radical (unpaired) electrons. The normalized spacial score (nSPS) is 14.5. The highest BCUT2D eigenvalue weighted by Gasteiger charge is 2.28. The number of phosphoric acid groups is 1. The molecule has 3 atom stereocenters. The van der Waals surface area contributed by atoms with Crippen molar-refractivity contribution in [3.8, 4) is 0 Å². The first-order valence-corrected chi connectivity index (χ1v) is 16.2. The highest BCUT2D eigenvalue weighted by molar-refractivity contribution is 7.47. The van der Waals surface area contributed by atoms with Gasteiger partial charge in [-0.25, -0.2) is 4.57 Å². The topological polar surface area (TPSA) is 172 Å². The van der Waals surface area contributed by atoms with E-state index >= 15 is 0 Å². The standard InChI is InChI=1S/C28H52NO10P/c1-3-5-7-9-10-11-12-13-14-16-18-20-27(31)39-24(21-36-26(30)19-17-15-8-6-4-2)22-37-40(34,35)38-23-25(29)28(32)33/h9-10,24-25H,3-8,11-23,29H2,1-2H3,(H,32,33)(H,34,35)/b10-9-. The molecule has 0 heterocycles. The van der Waals surface area contributed by atoms with Gasteiger partial charge in [-0.15, -0.1) is 0 Å². The monoisotopic (exact) mass is 593 g/mol. The van der Waals surface area contributed by atoms with Crippen molar-refractivity contribution >= 4 is 25.7 Å². The molecule has 0 aromatic heterocycles. The van der Waals surface area contributed by atoms with Gasteiger partial charge >= 0.3 is 25.7 Å². The summed E-state index contributed by atoms with van der Waals surface area (Å²) in [5.74, 6) is -2.41. The van der Waals surface area contributed by atoms with E-state index in [2.05, 4.69) is 30.5 Å². The fourth-order valence-electron chi connectivity index (χ4n) is 3.57. The van der Waals surface area contributed by atoms with Crippen LogP contribution in [-0.2, 0) is 37.5 Å². The lowest BCUT2D eigenvalue weighted by molar-refractivity contribution is -0.161. The Balaban J connectivity index is 4.55. The molecule has 11 nitrogen and oxygen atoms in total. The summed E-state index contributed by atoms with van der Waals surface area (Å²) in [6.45, 7) is 2.59. The number of unbranched alkanes of at least 4 members (excludes halogenated alkanes) is 11. The molecule has 12 heteroatoms. The van der Waals surface area contributed by atoms with Gasteiger partial charge in [0.1, 0.15) is 12.6 Å². The molecule has 0 aliphatic rings. The highest BCUT2D eigenvalue weighted by atomic mass is 31.2. The van der Waals surface area contributed by atoms with E-state index in [4.69, 9.17) is 24.8 Å². The SMILES string of the molecule is CCCC/C=C\CCCCCCCC(=O)OC(COC(=O)CCCCCCC)COP(=O)(O)OCC(N)C(=O)O. The number of aliphatic carboxylic acids is 1. The van der Waals surface area contributed by atoms with Crippen molar-refractivity contribution in [1.29, 1.82) is 0 Å². The van der Waals surface area contributed by atoms with E-state index in [1.807, 2.05) is 0 Å². The molecule has 0 spiro atoms. The van der Waals surface area contributed by atoms with Crippen molar-refractivity contribution in [3.05, 3.63) is 12.2 Å². The first-order chi connectivity index (χ1) is 19.1. The van der Waals surface area contributed by atoms with Gasteiger partial charge in [0.15, 0.2) is 6.10 Å². The second-order valence-corrected chi connectivity index (χ2v) is 11.3. The van der Waals surface area contributed by atoms with Crippen LogP contribution in [0.4, 0.5) is 0 Å². The molecule has 0 aromatic rings. The van der Waals surface area contributed by atoms with Crippen LogP contribution < -0.4 is 5.73 Å². The van der Waals surface area contributed by atoms with E-state index in [-0.39, 0.29) is 19.4 Å². The first kappa shape index (κ1) is 38.2. The highest BCUT2D eigenvalue weighted by Crippen LogP contribution is 2.43. The van der Waals surface area contributed by atoms with Gasteiger partial charge in [0, 0.05) is 12.8 Å². The largest absolute Gasteiger partial charge is 0.480 e. The Morgan fingerprint density at radius 3 is 1.90 bits per heavy atom. The number of allylic oxidation sites excluding steroid dienone is 2. The lowest BCUT2D eigenvalue weighted by Gasteiger charge is -2.20. The molecule has 0 aliphatic carbocycles. The average Bonchev–Trinajstić information content (AvgIpc) is 2.91. The van der Waals surface area contributed by atoms with E-state index < -0.39 is 51.1 Å². The zero-order valence-electron chi connectivity index (χ0n) is 24.4. The molecular formula is C28H52NO10P. The van der Waals surface area contributed by atoms with E-state index in [9.17, 15) is 23.8 Å². The van der Waals surface area contributed by atoms with Crippen molar-refractivity contribution in [2.75, 3.05) is 19.8 Å². The lowest BCUT2D eigenvalue weighted by Crippen LogP contribution is -2.34. The Labute approximate surface area is 239 Å². The minimum Gasteiger partial charge on any atom is -0.480 e. The van der Waals surface area contributed by atoms with Crippen LogP contribution in [-0.4, -0.2) is 59.9 Å². The maximum absolute atomic E-state index is 12.4. The summed E-state index contributed by atoms with van der Waals surface area (Å²) in [4.78, 5) is 45.1. The van der Waals surface area contributed by atoms with Gasteiger partial charge in [-0.3, -0.25) is 23.4 Å². The van der Waals surface area contributed by atoms with Crippen LogP contribution in [0.25, 0.3) is 0 Å². The summed E-state index contributed by atoms with van der Waals surface area (Å²) in [5, 5.41) is 8.78. The van der Waals surface area contributed by atoms with Gasteiger partial charge in [-0.05, 0) is 32.1 Å².